The number of carbonyl (C=O) groups is 1. The van der Waals surface area contributed by atoms with Gasteiger partial charge in [0.2, 0.25) is 0 Å². The lowest BCUT2D eigenvalue weighted by atomic mass is 10.0. The Kier molecular flexibility index (Phi) is 2.01. The Balaban J connectivity index is 2.42. The second-order valence-electron chi connectivity index (χ2n) is 2.81. The summed E-state index contributed by atoms with van der Waals surface area (Å²) in [6, 6.07) is -0.500. The van der Waals surface area contributed by atoms with Crippen molar-refractivity contribution < 1.29 is 15.0 Å². The third-order valence-corrected chi connectivity index (χ3v) is 1.88. The van der Waals surface area contributed by atoms with Crippen molar-refractivity contribution in [2.75, 3.05) is 13.1 Å². The fraction of sp³-hybridized carbons (Fsp3) is 0.833. The number of nitrogens with two attached hydrogens (primary N) is 1. The van der Waals surface area contributed by atoms with Gasteiger partial charge < -0.3 is 20.8 Å². The van der Waals surface area contributed by atoms with E-state index in [0.29, 0.717) is 13.1 Å². The molecule has 2 amide bonds. The van der Waals surface area contributed by atoms with E-state index in [0.717, 1.165) is 0 Å². The van der Waals surface area contributed by atoms with Crippen LogP contribution < -0.4 is 5.73 Å². The number of urea groups is 1. The normalized spacial score (nSPS) is 23.3. The Morgan fingerprint density at radius 2 is 1.82 bits per heavy atom. The molecule has 0 bridgehead atoms. The molecule has 11 heavy (non-hydrogen) atoms. The summed E-state index contributed by atoms with van der Waals surface area (Å²) in [6.45, 7) is 0.644. The molecule has 1 heterocycles. The molecule has 0 aliphatic carbocycles. The minimum absolute atomic E-state index is 0.177. The molecule has 1 aliphatic heterocycles. The summed E-state index contributed by atoms with van der Waals surface area (Å²) in [7, 11) is 0. The summed E-state index contributed by atoms with van der Waals surface area (Å²) < 4.78 is 0. The minimum atomic E-state index is -1.61. The first-order valence-corrected chi connectivity index (χ1v) is 3.50. The lowest BCUT2D eigenvalue weighted by Crippen LogP contribution is -2.48. The van der Waals surface area contributed by atoms with Crippen molar-refractivity contribution in [2.45, 2.75) is 18.6 Å². The van der Waals surface area contributed by atoms with Crippen LogP contribution in [0, 0.1) is 0 Å². The van der Waals surface area contributed by atoms with E-state index in [4.69, 9.17) is 15.9 Å². The highest BCUT2D eigenvalue weighted by molar-refractivity contribution is 5.72. The van der Waals surface area contributed by atoms with E-state index in [1.165, 1.54) is 4.90 Å². The average molecular weight is 160 g/mol. The predicted molar refractivity (Wildman–Crippen MR) is 37.6 cm³/mol. The Morgan fingerprint density at radius 3 is 2.18 bits per heavy atom. The monoisotopic (exact) mass is 160 g/mol. The Labute approximate surface area is 64.4 Å². The molecule has 0 unspecified atom stereocenters. The third kappa shape index (κ3) is 2.06. The van der Waals surface area contributed by atoms with Gasteiger partial charge in [0.1, 0.15) is 0 Å². The number of hydrogen-bond acceptors (Lipinski definition) is 3. The van der Waals surface area contributed by atoms with Crippen molar-refractivity contribution in [3.05, 3.63) is 0 Å². The standard InChI is InChI=1S/C6H12N2O3/c7-5(9)8-3-1-6(10,11)2-4-8/h10-11H,1-4H2,(H2,7,9). The van der Waals surface area contributed by atoms with Crippen molar-refractivity contribution in [2.24, 2.45) is 5.73 Å². The fourth-order valence-electron chi connectivity index (χ4n) is 1.09. The zero-order valence-corrected chi connectivity index (χ0v) is 6.16. The first-order chi connectivity index (χ1) is 5.01. The Bertz CT molecular complexity index is 159. The molecular weight excluding hydrogens is 148 g/mol. The molecule has 1 saturated heterocycles. The predicted octanol–water partition coefficient (Wildman–Crippen LogP) is -1.16. The number of hydrogen-bond donors (Lipinski definition) is 3. The molecule has 64 valence electrons. The van der Waals surface area contributed by atoms with Crippen LogP contribution in [-0.4, -0.2) is 40.0 Å². The number of rotatable bonds is 0. The molecule has 0 aromatic carbocycles. The topological polar surface area (TPSA) is 86.8 Å². The molecule has 4 N–H and O–H groups in total. The summed E-state index contributed by atoms with van der Waals surface area (Å²) >= 11 is 0. The largest absolute Gasteiger partial charge is 0.365 e. The van der Waals surface area contributed by atoms with E-state index >= 15 is 0 Å². The molecule has 1 aliphatic rings. The zero-order chi connectivity index (χ0) is 8.48. The van der Waals surface area contributed by atoms with Gasteiger partial charge in [-0.2, -0.15) is 0 Å². The van der Waals surface area contributed by atoms with Crippen molar-refractivity contribution >= 4 is 6.03 Å². The van der Waals surface area contributed by atoms with E-state index in [1.54, 1.807) is 0 Å². The third-order valence-electron chi connectivity index (χ3n) is 1.88. The van der Waals surface area contributed by atoms with Gasteiger partial charge >= 0.3 is 6.03 Å². The number of likely N-dealkylation sites (tertiary alicyclic amines) is 1. The van der Waals surface area contributed by atoms with Gasteiger partial charge in [-0.25, -0.2) is 4.79 Å². The lowest BCUT2D eigenvalue weighted by molar-refractivity contribution is -0.184. The molecule has 0 radical (unpaired) electrons. The summed E-state index contributed by atoms with van der Waals surface area (Å²) in [5.41, 5.74) is 4.98. The van der Waals surface area contributed by atoms with Crippen LogP contribution in [0.15, 0.2) is 0 Å². The smallest absolute Gasteiger partial charge is 0.314 e. The van der Waals surface area contributed by atoms with Crippen molar-refractivity contribution in [1.29, 1.82) is 0 Å². The van der Waals surface area contributed by atoms with Crippen LogP contribution in [0.1, 0.15) is 12.8 Å². The summed E-state index contributed by atoms with van der Waals surface area (Å²) in [4.78, 5) is 11.9. The molecule has 5 heteroatoms. The Hall–Kier alpha value is -0.810. The number of carbonyl (C=O) groups excluding carboxylic acids is 1. The zero-order valence-electron chi connectivity index (χ0n) is 6.16. The molecule has 5 nitrogen and oxygen atoms in total. The fourth-order valence-corrected chi connectivity index (χ4v) is 1.09. The summed E-state index contributed by atoms with van der Waals surface area (Å²) in [5, 5.41) is 18.1. The minimum Gasteiger partial charge on any atom is -0.365 e. The van der Waals surface area contributed by atoms with E-state index < -0.39 is 11.8 Å². The highest BCUT2D eigenvalue weighted by Gasteiger charge is 2.30. The molecule has 0 atom stereocenters. The van der Waals surface area contributed by atoms with E-state index in [-0.39, 0.29) is 12.8 Å². The molecule has 1 rings (SSSR count). The van der Waals surface area contributed by atoms with Gasteiger partial charge in [-0.15, -0.1) is 0 Å². The van der Waals surface area contributed by atoms with Gasteiger partial charge in [0.15, 0.2) is 5.79 Å². The van der Waals surface area contributed by atoms with Gasteiger partial charge in [0.05, 0.1) is 0 Å². The van der Waals surface area contributed by atoms with Gasteiger partial charge in [-0.3, -0.25) is 0 Å². The maximum Gasteiger partial charge on any atom is 0.314 e. The highest BCUT2D eigenvalue weighted by Crippen LogP contribution is 2.17. The molecule has 0 saturated carbocycles. The van der Waals surface area contributed by atoms with Crippen LogP contribution in [0.25, 0.3) is 0 Å². The molecule has 0 spiro atoms. The Morgan fingerprint density at radius 1 is 1.36 bits per heavy atom. The van der Waals surface area contributed by atoms with Gasteiger partial charge in [0, 0.05) is 25.9 Å². The molecular formula is C6H12N2O3. The van der Waals surface area contributed by atoms with Gasteiger partial charge in [-0.1, -0.05) is 0 Å². The number of nitrogens with zero attached hydrogens (tertiary/aromatic N) is 1. The van der Waals surface area contributed by atoms with Crippen molar-refractivity contribution in [3.63, 3.8) is 0 Å². The van der Waals surface area contributed by atoms with Crippen LogP contribution >= 0.6 is 0 Å². The van der Waals surface area contributed by atoms with Gasteiger partial charge in [-0.05, 0) is 0 Å². The molecule has 0 aromatic heterocycles. The van der Waals surface area contributed by atoms with E-state index in [9.17, 15) is 4.79 Å². The average Bonchev–Trinajstić information content (AvgIpc) is 1.86. The first-order valence-electron chi connectivity index (χ1n) is 3.50. The number of aliphatic hydroxyl groups is 2. The van der Waals surface area contributed by atoms with Crippen LogP contribution in [0.3, 0.4) is 0 Å². The quantitative estimate of drug-likeness (QED) is 0.391. The number of piperidine rings is 1. The molecule has 1 fully saturated rings. The van der Waals surface area contributed by atoms with E-state index in [2.05, 4.69) is 0 Å². The molecule has 0 aromatic rings. The van der Waals surface area contributed by atoms with Crippen LogP contribution in [0.5, 0.6) is 0 Å². The van der Waals surface area contributed by atoms with Crippen molar-refractivity contribution in [1.82, 2.24) is 4.90 Å². The second kappa shape index (κ2) is 2.67. The summed E-state index contributed by atoms with van der Waals surface area (Å²) in [6.07, 6.45) is 0.353. The SMILES string of the molecule is NC(=O)N1CCC(O)(O)CC1. The van der Waals surface area contributed by atoms with E-state index in [1.807, 2.05) is 0 Å². The highest BCUT2D eigenvalue weighted by atomic mass is 16.5. The van der Waals surface area contributed by atoms with Crippen LogP contribution in [0.4, 0.5) is 4.79 Å². The first kappa shape index (κ1) is 8.29. The second-order valence-corrected chi connectivity index (χ2v) is 2.81. The van der Waals surface area contributed by atoms with Crippen molar-refractivity contribution in [3.8, 4) is 0 Å². The van der Waals surface area contributed by atoms with Crippen LogP contribution in [-0.2, 0) is 0 Å². The maximum absolute atomic E-state index is 10.6. The summed E-state index contributed by atoms with van der Waals surface area (Å²) in [5.74, 6) is -1.61. The number of amides is 2. The maximum atomic E-state index is 10.6. The lowest BCUT2D eigenvalue weighted by Gasteiger charge is -2.33. The number of primary amides is 1. The van der Waals surface area contributed by atoms with Crippen LogP contribution in [0.2, 0.25) is 0 Å². The van der Waals surface area contributed by atoms with Gasteiger partial charge in [0.25, 0.3) is 0 Å².